The molecule has 1 aromatic heterocycles. The largest absolute Gasteiger partial charge is 0.494 e. The Balaban J connectivity index is 1.08. The molecule has 4 aliphatic carbocycles. The summed E-state index contributed by atoms with van der Waals surface area (Å²) in [6.07, 6.45) is 8.44. The molecule has 0 radical (unpaired) electrons. The molecule has 10 rings (SSSR count). The lowest BCUT2D eigenvalue weighted by atomic mass is 9.48. The van der Waals surface area contributed by atoms with Crippen LogP contribution in [0.3, 0.4) is 0 Å². The molecule has 246 valence electrons. The van der Waals surface area contributed by atoms with E-state index in [0.29, 0.717) is 22.9 Å². The van der Waals surface area contributed by atoms with Crippen LogP contribution in [-0.4, -0.2) is 33.3 Å². The molecule has 5 aliphatic rings. The summed E-state index contributed by atoms with van der Waals surface area (Å²) in [5, 5.41) is 0. The van der Waals surface area contributed by atoms with E-state index in [2.05, 4.69) is 125 Å². The first-order valence-electron chi connectivity index (χ1n) is 18.1. The van der Waals surface area contributed by atoms with Gasteiger partial charge in [0.15, 0.2) is 17.5 Å². The summed E-state index contributed by atoms with van der Waals surface area (Å²) in [7, 11) is -0.420. The summed E-state index contributed by atoms with van der Waals surface area (Å²) in [5.74, 6) is 4.76. The van der Waals surface area contributed by atoms with Gasteiger partial charge in [0.25, 0.3) is 0 Å². The van der Waals surface area contributed by atoms with E-state index in [1.165, 1.54) is 44.1 Å². The number of hydrogen-bond acceptors (Lipinski definition) is 5. The van der Waals surface area contributed by atoms with Crippen molar-refractivity contribution < 1.29 is 9.31 Å². The lowest BCUT2D eigenvalue weighted by molar-refractivity contribution is -0.00518. The fraction of sp³-hybridized carbons (Fsp3) is 0.372. The first kappa shape index (κ1) is 30.9. The summed E-state index contributed by atoms with van der Waals surface area (Å²) in [6, 6.07) is 36.5. The Morgan fingerprint density at radius 3 is 1.53 bits per heavy atom. The van der Waals surface area contributed by atoms with E-state index in [9.17, 15) is 0 Å². The summed E-state index contributed by atoms with van der Waals surface area (Å²) in [6.45, 7) is 8.32. The second kappa shape index (κ2) is 11.5. The fourth-order valence-electron chi connectivity index (χ4n) is 9.44. The average Bonchev–Trinajstić information content (AvgIpc) is 3.34. The molecule has 0 amide bonds. The highest BCUT2D eigenvalue weighted by atomic mass is 16.7. The van der Waals surface area contributed by atoms with Crippen LogP contribution in [0.1, 0.15) is 71.8 Å². The summed E-state index contributed by atoms with van der Waals surface area (Å²) >= 11 is 0. The lowest BCUT2D eigenvalue weighted by Crippen LogP contribution is -2.48. The standard InChI is InChI=1S/C43H44BN3O2/c1-41(2)42(3,4)49-44(48-41)37-19-15-33(16-20-37)39-45-38(46-40(47-39)35-12-8-11-34(24-35)31-9-6-5-7-10-31)32-13-17-36(18-14-32)43-25-28-21-29(26-43)23-30(22-28)27-43/h5-20,24,28-30H,21-23,25-27H2,1-4H3/t28-,29+,30-,43?. The SMILES string of the molecule is CC1(C)OB(c2ccc(-c3nc(-c4ccc(C56C[C@H]7C[C@@H](C5)C[C@@H](C6)C7)cc4)nc(-c4cccc(-c5ccccc5)c4)n3)cc2)OC1(C)C. The van der Waals surface area contributed by atoms with E-state index >= 15 is 0 Å². The second-order valence-electron chi connectivity index (χ2n) is 16.2. The van der Waals surface area contributed by atoms with Crippen LogP contribution in [-0.2, 0) is 14.7 Å². The van der Waals surface area contributed by atoms with Gasteiger partial charge >= 0.3 is 7.12 Å². The Labute approximate surface area is 290 Å². The smallest absolute Gasteiger partial charge is 0.399 e. The number of aromatic nitrogens is 3. The summed E-state index contributed by atoms with van der Waals surface area (Å²) in [4.78, 5) is 15.3. The summed E-state index contributed by atoms with van der Waals surface area (Å²) < 4.78 is 12.6. The van der Waals surface area contributed by atoms with Gasteiger partial charge in [-0.2, -0.15) is 0 Å². The monoisotopic (exact) mass is 645 g/mol. The van der Waals surface area contributed by atoms with Crippen molar-refractivity contribution in [2.24, 2.45) is 17.8 Å². The molecule has 4 bridgehead atoms. The maximum Gasteiger partial charge on any atom is 0.494 e. The molecule has 6 heteroatoms. The molecule has 4 saturated carbocycles. The molecule has 0 unspecified atom stereocenters. The van der Waals surface area contributed by atoms with Crippen LogP contribution >= 0.6 is 0 Å². The van der Waals surface area contributed by atoms with Crippen LogP contribution in [0.15, 0.2) is 103 Å². The fourth-order valence-corrected chi connectivity index (χ4v) is 9.44. The van der Waals surface area contributed by atoms with Crippen molar-refractivity contribution in [3.05, 3.63) is 109 Å². The van der Waals surface area contributed by atoms with Crippen LogP contribution in [0.2, 0.25) is 0 Å². The maximum atomic E-state index is 6.32. The van der Waals surface area contributed by atoms with Crippen LogP contribution in [0, 0.1) is 17.8 Å². The minimum Gasteiger partial charge on any atom is -0.399 e. The lowest BCUT2D eigenvalue weighted by Gasteiger charge is -2.57. The van der Waals surface area contributed by atoms with Gasteiger partial charge in [-0.25, -0.2) is 15.0 Å². The van der Waals surface area contributed by atoms with Gasteiger partial charge in [-0.05, 0) is 118 Å². The zero-order valence-corrected chi connectivity index (χ0v) is 29.0. The van der Waals surface area contributed by atoms with Gasteiger partial charge in [0.05, 0.1) is 11.2 Å². The van der Waals surface area contributed by atoms with E-state index in [1.807, 2.05) is 6.07 Å². The zero-order valence-electron chi connectivity index (χ0n) is 29.0. The topological polar surface area (TPSA) is 57.1 Å². The predicted octanol–water partition coefficient (Wildman–Crippen LogP) is 9.31. The average molecular weight is 646 g/mol. The van der Waals surface area contributed by atoms with Gasteiger partial charge in [-0.15, -0.1) is 0 Å². The van der Waals surface area contributed by atoms with E-state index in [0.717, 1.165) is 51.0 Å². The molecule has 4 aromatic carbocycles. The molecular formula is C43H44BN3O2. The highest BCUT2D eigenvalue weighted by molar-refractivity contribution is 6.62. The van der Waals surface area contributed by atoms with Crippen LogP contribution in [0.5, 0.6) is 0 Å². The third kappa shape index (κ3) is 5.54. The van der Waals surface area contributed by atoms with E-state index < -0.39 is 18.3 Å². The molecule has 1 aliphatic heterocycles. The molecule has 5 nitrogen and oxygen atoms in total. The molecule has 1 saturated heterocycles. The Morgan fingerprint density at radius 2 is 0.980 bits per heavy atom. The number of rotatable bonds is 6. The molecular weight excluding hydrogens is 601 g/mol. The normalized spacial score (nSPS) is 26.3. The van der Waals surface area contributed by atoms with Crippen molar-refractivity contribution >= 4 is 12.6 Å². The third-order valence-corrected chi connectivity index (χ3v) is 12.4. The number of nitrogens with zero attached hydrogens (tertiary/aromatic N) is 3. The van der Waals surface area contributed by atoms with Crippen LogP contribution in [0.25, 0.3) is 45.3 Å². The Bertz CT molecular complexity index is 1950. The van der Waals surface area contributed by atoms with Gasteiger partial charge in [-0.3, -0.25) is 0 Å². The minimum atomic E-state index is -0.420. The van der Waals surface area contributed by atoms with Crippen molar-refractivity contribution in [1.29, 1.82) is 0 Å². The molecule has 5 fully saturated rings. The Hall–Kier alpha value is -4.13. The predicted molar refractivity (Wildman–Crippen MR) is 197 cm³/mol. The van der Waals surface area contributed by atoms with Crippen molar-refractivity contribution in [2.75, 3.05) is 0 Å². The molecule has 2 heterocycles. The Kier molecular flexibility index (Phi) is 7.23. The molecule has 0 N–H and O–H groups in total. The molecule has 5 aromatic rings. The van der Waals surface area contributed by atoms with Gasteiger partial charge in [0.1, 0.15) is 0 Å². The highest BCUT2D eigenvalue weighted by Gasteiger charge is 2.52. The molecule has 0 atom stereocenters. The van der Waals surface area contributed by atoms with Crippen molar-refractivity contribution in [3.8, 4) is 45.3 Å². The van der Waals surface area contributed by atoms with Crippen molar-refractivity contribution in [3.63, 3.8) is 0 Å². The van der Waals surface area contributed by atoms with Crippen molar-refractivity contribution in [1.82, 2.24) is 15.0 Å². The van der Waals surface area contributed by atoms with Crippen LogP contribution in [0.4, 0.5) is 0 Å². The van der Waals surface area contributed by atoms with Gasteiger partial charge in [-0.1, -0.05) is 97.1 Å². The minimum absolute atomic E-state index is 0.361. The van der Waals surface area contributed by atoms with Gasteiger partial charge in [0, 0.05) is 16.7 Å². The third-order valence-electron chi connectivity index (χ3n) is 12.4. The Morgan fingerprint density at radius 1 is 0.510 bits per heavy atom. The summed E-state index contributed by atoms with van der Waals surface area (Å²) in [5.41, 5.74) is 7.27. The van der Waals surface area contributed by atoms with E-state index in [4.69, 9.17) is 24.3 Å². The first-order valence-corrected chi connectivity index (χ1v) is 18.1. The maximum absolute atomic E-state index is 6.32. The van der Waals surface area contributed by atoms with Gasteiger partial charge in [0.2, 0.25) is 0 Å². The molecule has 49 heavy (non-hydrogen) atoms. The number of hydrogen-bond donors (Lipinski definition) is 0. The molecule has 0 spiro atoms. The van der Waals surface area contributed by atoms with E-state index in [1.54, 1.807) is 0 Å². The highest BCUT2D eigenvalue weighted by Crippen LogP contribution is 2.60. The van der Waals surface area contributed by atoms with Gasteiger partial charge < -0.3 is 9.31 Å². The zero-order chi connectivity index (χ0) is 33.4. The quantitative estimate of drug-likeness (QED) is 0.172. The van der Waals surface area contributed by atoms with Crippen LogP contribution < -0.4 is 5.46 Å². The van der Waals surface area contributed by atoms with Crippen molar-refractivity contribution in [2.45, 2.75) is 82.8 Å². The number of benzene rings is 4. The van der Waals surface area contributed by atoms with E-state index in [-0.39, 0.29) is 0 Å². The first-order chi connectivity index (χ1) is 23.6. The second-order valence-corrected chi connectivity index (χ2v) is 16.2.